The summed E-state index contributed by atoms with van der Waals surface area (Å²) in [7, 11) is 0. The molecule has 2 atom stereocenters. The molecule has 70 valence electrons. The van der Waals surface area contributed by atoms with E-state index in [0.717, 1.165) is 18.5 Å². The van der Waals surface area contributed by atoms with Crippen LogP contribution in [0.2, 0.25) is 0 Å². The molecular formula is C10H13NO2. The first kappa shape index (κ1) is 8.38. The van der Waals surface area contributed by atoms with E-state index in [2.05, 4.69) is 5.32 Å². The van der Waals surface area contributed by atoms with E-state index in [1.54, 1.807) is 24.3 Å². The molecule has 0 saturated heterocycles. The monoisotopic (exact) mass is 179 g/mol. The molecule has 1 fully saturated rings. The molecule has 0 radical (unpaired) electrons. The number of hydrogen-bond acceptors (Lipinski definition) is 3. The molecule has 1 aliphatic rings. The summed E-state index contributed by atoms with van der Waals surface area (Å²) in [6.07, 6.45) is 1.69. The largest absolute Gasteiger partial charge is 0.508 e. The highest BCUT2D eigenvalue weighted by atomic mass is 16.3. The molecule has 3 heteroatoms. The third kappa shape index (κ3) is 1.75. The zero-order valence-corrected chi connectivity index (χ0v) is 7.27. The molecule has 1 aromatic carbocycles. The van der Waals surface area contributed by atoms with Crippen molar-refractivity contribution in [3.05, 3.63) is 24.3 Å². The van der Waals surface area contributed by atoms with Crippen molar-refractivity contribution >= 4 is 5.69 Å². The van der Waals surface area contributed by atoms with Gasteiger partial charge in [0.05, 0.1) is 12.1 Å². The second-order valence-corrected chi connectivity index (χ2v) is 3.44. The first-order chi connectivity index (χ1) is 6.25. The minimum atomic E-state index is -0.214. The molecule has 0 amide bonds. The van der Waals surface area contributed by atoms with Crippen LogP contribution in [0.5, 0.6) is 5.75 Å². The van der Waals surface area contributed by atoms with Crippen molar-refractivity contribution in [3.63, 3.8) is 0 Å². The van der Waals surface area contributed by atoms with E-state index >= 15 is 0 Å². The highest BCUT2D eigenvalue weighted by Gasteiger charge is 2.28. The van der Waals surface area contributed by atoms with Crippen molar-refractivity contribution in [1.82, 2.24) is 0 Å². The second kappa shape index (κ2) is 3.26. The first-order valence-electron chi connectivity index (χ1n) is 4.49. The van der Waals surface area contributed by atoms with Crippen LogP contribution < -0.4 is 5.32 Å². The predicted octanol–water partition coefficient (Wildman–Crippen LogP) is 1.33. The van der Waals surface area contributed by atoms with Crippen molar-refractivity contribution in [2.24, 2.45) is 0 Å². The van der Waals surface area contributed by atoms with E-state index < -0.39 is 0 Å². The number of aliphatic hydroxyl groups excluding tert-OH is 1. The lowest BCUT2D eigenvalue weighted by molar-refractivity contribution is 0.0786. The molecule has 13 heavy (non-hydrogen) atoms. The quantitative estimate of drug-likeness (QED) is 0.600. The van der Waals surface area contributed by atoms with Gasteiger partial charge in [-0.2, -0.15) is 0 Å². The van der Waals surface area contributed by atoms with Crippen LogP contribution in [0, 0.1) is 0 Å². The van der Waals surface area contributed by atoms with Crippen molar-refractivity contribution in [2.75, 3.05) is 5.32 Å². The van der Waals surface area contributed by atoms with Gasteiger partial charge in [-0.25, -0.2) is 0 Å². The van der Waals surface area contributed by atoms with Crippen LogP contribution in [-0.2, 0) is 0 Å². The first-order valence-corrected chi connectivity index (χ1v) is 4.49. The molecule has 1 aromatic rings. The normalized spacial score (nSPS) is 26.5. The van der Waals surface area contributed by atoms with E-state index in [1.165, 1.54) is 0 Å². The van der Waals surface area contributed by atoms with Gasteiger partial charge in [-0.15, -0.1) is 0 Å². The topological polar surface area (TPSA) is 52.5 Å². The molecule has 0 aliphatic heterocycles. The van der Waals surface area contributed by atoms with Crippen LogP contribution in [0.25, 0.3) is 0 Å². The van der Waals surface area contributed by atoms with E-state index in [0.29, 0.717) is 0 Å². The van der Waals surface area contributed by atoms with Crippen LogP contribution in [-0.4, -0.2) is 22.4 Å². The lowest BCUT2D eigenvalue weighted by atomic mass is 9.89. The molecule has 1 saturated carbocycles. The summed E-state index contributed by atoms with van der Waals surface area (Å²) < 4.78 is 0. The molecule has 0 heterocycles. The standard InChI is InChI=1S/C10H13NO2/c12-8-3-1-7(2-4-8)11-9-5-6-10(9)13/h1-4,9-13H,5-6H2/t9-,10-/m1/s1. The van der Waals surface area contributed by atoms with Crippen LogP contribution in [0.4, 0.5) is 5.69 Å². The van der Waals surface area contributed by atoms with Crippen LogP contribution >= 0.6 is 0 Å². The number of aliphatic hydroxyl groups is 1. The number of nitrogens with one attached hydrogen (secondary N) is 1. The van der Waals surface area contributed by atoms with Crippen LogP contribution in [0.3, 0.4) is 0 Å². The summed E-state index contributed by atoms with van der Waals surface area (Å²) in [6.45, 7) is 0. The zero-order valence-electron chi connectivity index (χ0n) is 7.27. The molecule has 1 aliphatic carbocycles. The zero-order chi connectivity index (χ0) is 9.26. The van der Waals surface area contributed by atoms with E-state index in [9.17, 15) is 5.11 Å². The van der Waals surface area contributed by atoms with Crippen molar-refractivity contribution in [3.8, 4) is 5.75 Å². The van der Waals surface area contributed by atoms with Gasteiger partial charge < -0.3 is 15.5 Å². The smallest absolute Gasteiger partial charge is 0.115 e. The Balaban J connectivity index is 1.98. The SMILES string of the molecule is Oc1ccc(N[C@@H]2CC[C@H]2O)cc1. The number of phenols is 1. The van der Waals surface area contributed by atoms with Gasteiger partial charge >= 0.3 is 0 Å². The summed E-state index contributed by atoms with van der Waals surface area (Å²) in [4.78, 5) is 0. The average molecular weight is 179 g/mol. The third-order valence-corrected chi connectivity index (χ3v) is 2.46. The molecule has 0 unspecified atom stereocenters. The second-order valence-electron chi connectivity index (χ2n) is 3.44. The van der Waals surface area contributed by atoms with Crippen molar-refractivity contribution in [2.45, 2.75) is 25.0 Å². The number of phenolic OH excluding ortho intramolecular Hbond substituents is 1. The fraction of sp³-hybridized carbons (Fsp3) is 0.400. The van der Waals surface area contributed by atoms with Gasteiger partial charge in [-0.05, 0) is 37.1 Å². The van der Waals surface area contributed by atoms with Crippen molar-refractivity contribution in [1.29, 1.82) is 0 Å². The number of aromatic hydroxyl groups is 1. The summed E-state index contributed by atoms with van der Waals surface area (Å²) in [5.41, 5.74) is 0.946. The third-order valence-electron chi connectivity index (χ3n) is 2.46. The average Bonchev–Trinajstić information content (AvgIpc) is 2.15. The maximum Gasteiger partial charge on any atom is 0.115 e. The van der Waals surface area contributed by atoms with E-state index in [1.807, 2.05) is 0 Å². The Bertz CT molecular complexity index is 283. The molecule has 0 spiro atoms. The lowest BCUT2D eigenvalue weighted by Crippen LogP contribution is -2.42. The maximum absolute atomic E-state index is 9.31. The summed E-state index contributed by atoms with van der Waals surface area (Å²) in [5, 5.41) is 21.5. The van der Waals surface area contributed by atoms with Crippen molar-refractivity contribution < 1.29 is 10.2 Å². The highest BCUT2D eigenvalue weighted by molar-refractivity contribution is 5.47. The summed E-state index contributed by atoms with van der Waals surface area (Å²) in [6, 6.07) is 7.06. The van der Waals surface area contributed by atoms with Gasteiger partial charge in [-0.1, -0.05) is 0 Å². The van der Waals surface area contributed by atoms with Gasteiger partial charge in [0.2, 0.25) is 0 Å². The molecule has 0 aromatic heterocycles. The molecule has 3 N–H and O–H groups in total. The maximum atomic E-state index is 9.31. The molecule has 2 rings (SSSR count). The highest BCUT2D eigenvalue weighted by Crippen LogP contribution is 2.24. The minimum Gasteiger partial charge on any atom is -0.508 e. The van der Waals surface area contributed by atoms with Gasteiger partial charge in [0.25, 0.3) is 0 Å². The van der Waals surface area contributed by atoms with Crippen LogP contribution in [0.15, 0.2) is 24.3 Å². The van der Waals surface area contributed by atoms with Crippen LogP contribution in [0.1, 0.15) is 12.8 Å². The Morgan fingerprint density at radius 2 is 1.85 bits per heavy atom. The Morgan fingerprint density at radius 3 is 2.31 bits per heavy atom. The molecular weight excluding hydrogens is 166 g/mol. The Labute approximate surface area is 77.0 Å². The van der Waals surface area contributed by atoms with E-state index in [4.69, 9.17) is 5.11 Å². The molecule has 0 bridgehead atoms. The number of benzene rings is 1. The van der Waals surface area contributed by atoms with Gasteiger partial charge in [0.1, 0.15) is 5.75 Å². The number of anilines is 1. The van der Waals surface area contributed by atoms with Gasteiger partial charge in [-0.3, -0.25) is 0 Å². The Kier molecular flexibility index (Phi) is 2.10. The minimum absolute atomic E-state index is 0.185. The Hall–Kier alpha value is -1.22. The number of hydrogen-bond donors (Lipinski definition) is 3. The predicted molar refractivity (Wildman–Crippen MR) is 50.8 cm³/mol. The van der Waals surface area contributed by atoms with E-state index in [-0.39, 0.29) is 17.9 Å². The summed E-state index contributed by atoms with van der Waals surface area (Å²) in [5.74, 6) is 0.264. The fourth-order valence-electron chi connectivity index (χ4n) is 1.42. The van der Waals surface area contributed by atoms with Gasteiger partial charge in [0.15, 0.2) is 0 Å². The summed E-state index contributed by atoms with van der Waals surface area (Å²) >= 11 is 0. The lowest BCUT2D eigenvalue weighted by Gasteiger charge is -2.33. The van der Waals surface area contributed by atoms with Gasteiger partial charge in [0, 0.05) is 5.69 Å². The number of rotatable bonds is 2. The molecule has 3 nitrogen and oxygen atoms in total. The Morgan fingerprint density at radius 1 is 1.15 bits per heavy atom. The fourth-order valence-corrected chi connectivity index (χ4v) is 1.42.